The molecule has 30 heavy (non-hydrogen) atoms. The molecule has 0 aliphatic carbocycles. The molecule has 0 aliphatic heterocycles. The van der Waals surface area contributed by atoms with Crippen LogP contribution >= 0.6 is 0 Å². The molecule has 0 radical (unpaired) electrons. The second kappa shape index (κ2) is 9.21. The molecule has 1 heterocycles. The predicted octanol–water partition coefficient (Wildman–Crippen LogP) is 3.70. The fourth-order valence-corrected chi connectivity index (χ4v) is 2.85. The average Bonchev–Trinajstić information content (AvgIpc) is 3.18. The number of rotatable bonds is 8. The van der Waals surface area contributed by atoms with Crippen molar-refractivity contribution in [2.24, 2.45) is 0 Å². The third-order valence-electron chi connectivity index (χ3n) is 4.28. The largest absolute Gasteiger partial charge is 0.497 e. The Balaban J connectivity index is 1.86. The number of aromatic nitrogens is 3. The Labute approximate surface area is 171 Å². The fraction of sp³-hybridized carbons (Fsp3) is 0.250. The lowest BCUT2D eigenvalue weighted by molar-refractivity contribution is -0.0498. The minimum atomic E-state index is -2.90. The van der Waals surface area contributed by atoms with Gasteiger partial charge in [0.05, 0.1) is 31.3 Å². The highest BCUT2D eigenvalue weighted by molar-refractivity contribution is 6.04. The Morgan fingerprint density at radius 2 is 1.80 bits per heavy atom. The number of ether oxygens (including phenoxy) is 3. The van der Waals surface area contributed by atoms with Crippen molar-refractivity contribution < 1.29 is 27.8 Å². The van der Waals surface area contributed by atoms with Crippen molar-refractivity contribution in [2.75, 3.05) is 19.5 Å². The number of alkyl halides is 2. The van der Waals surface area contributed by atoms with Crippen molar-refractivity contribution in [1.82, 2.24) is 15.0 Å². The van der Waals surface area contributed by atoms with E-state index in [1.165, 1.54) is 31.0 Å². The van der Waals surface area contributed by atoms with Gasteiger partial charge in [0.25, 0.3) is 5.91 Å². The lowest BCUT2D eigenvalue weighted by Gasteiger charge is -2.11. The van der Waals surface area contributed by atoms with Gasteiger partial charge < -0.3 is 19.5 Å². The number of carbonyl (C=O) groups is 1. The van der Waals surface area contributed by atoms with E-state index in [0.717, 1.165) is 0 Å². The molecule has 0 bridgehead atoms. The van der Waals surface area contributed by atoms with Gasteiger partial charge in [-0.25, -0.2) is 4.68 Å². The van der Waals surface area contributed by atoms with Gasteiger partial charge in [0, 0.05) is 6.07 Å². The molecule has 0 saturated heterocycles. The lowest BCUT2D eigenvalue weighted by Crippen LogP contribution is -2.16. The van der Waals surface area contributed by atoms with Crippen LogP contribution in [0.2, 0.25) is 0 Å². The zero-order valence-electron chi connectivity index (χ0n) is 16.6. The maximum atomic E-state index is 12.8. The SMILES string of the molecule is CCc1c(C(=O)Nc2ccc(OC)cc2OC)nnn1-c1ccc(OC(F)F)cc1. The summed E-state index contributed by atoms with van der Waals surface area (Å²) in [5, 5.41) is 10.8. The van der Waals surface area contributed by atoms with Crippen LogP contribution in [0, 0.1) is 0 Å². The molecule has 3 rings (SSSR count). The van der Waals surface area contributed by atoms with Crippen LogP contribution in [0.4, 0.5) is 14.5 Å². The smallest absolute Gasteiger partial charge is 0.387 e. The molecule has 1 N–H and O–H groups in total. The number of hydrogen-bond acceptors (Lipinski definition) is 6. The Bertz CT molecular complexity index is 1020. The third-order valence-corrected chi connectivity index (χ3v) is 4.28. The number of methoxy groups -OCH3 is 2. The van der Waals surface area contributed by atoms with E-state index >= 15 is 0 Å². The van der Waals surface area contributed by atoms with E-state index in [1.807, 2.05) is 6.92 Å². The van der Waals surface area contributed by atoms with Gasteiger partial charge in [0.1, 0.15) is 17.2 Å². The van der Waals surface area contributed by atoms with E-state index < -0.39 is 12.5 Å². The summed E-state index contributed by atoms with van der Waals surface area (Å²) in [4.78, 5) is 12.8. The summed E-state index contributed by atoms with van der Waals surface area (Å²) in [6.07, 6.45) is 0.463. The minimum Gasteiger partial charge on any atom is -0.497 e. The quantitative estimate of drug-likeness (QED) is 0.600. The Morgan fingerprint density at radius 1 is 1.10 bits per heavy atom. The number of benzene rings is 2. The van der Waals surface area contributed by atoms with Gasteiger partial charge in [-0.15, -0.1) is 5.10 Å². The molecule has 3 aromatic rings. The monoisotopic (exact) mass is 418 g/mol. The first-order valence-electron chi connectivity index (χ1n) is 9.00. The van der Waals surface area contributed by atoms with Gasteiger partial charge >= 0.3 is 6.61 Å². The lowest BCUT2D eigenvalue weighted by atomic mass is 10.2. The summed E-state index contributed by atoms with van der Waals surface area (Å²) in [6, 6.07) is 10.9. The summed E-state index contributed by atoms with van der Waals surface area (Å²) >= 11 is 0. The Morgan fingerprint density at radius 3 is 2.40 bits per heavy atom. The van der Waals surface area contributed by atoms with E-state index in [1.54, 1.807) is 30.3 Å². The standard InChI is InChI=1S/C20H20F2N4O4/c1-4-16-18(19(27)23-15-10-9-14(28-2)11-17(15)29-3)24-25-26(16)12-5-7-13(8-6-12)30-20(21)22/h5-11,20H,4H2,1-3H3,(H,23,27). The molecule has 8 nitrogen and oxygen atoms in total. The van der Waals surface area contributed by atoms with Crippen LogP contribution in [-0.4, -0.2) is 41.7 Å². The maximum Gasteiger partial charge on any atom is 0.387 e. The molecule has 0 atom stereocenters. The number of nitrogens with zero attached hydrogens (tertiary/aromatic N) is 3. The first-order chi connectivity index (χ1) is 14.5. The van der Waals surface area contributed by atoms with E-state index in [2.05, 4.69) is 20.4 Å². The van der Waals surface area contributed by atoms with E-state index in [9.17, 15) is 13.6 Å². The molecule has 0 fully saturated rings. The van der Waals surface area contributed by atoms with Gasteiger partial charge in [0.2, 0.25) is 0 Å². The number of anilines is 1. The zero-order chi connectivity index (χ0) is 21.7. The van der Waals surface area contributed by atoms with Crippen LogP contribution in [0.15, 0.2) is 42.5 Å². The van der Waals surface area contributed by atoms with Crippen molar-refractivity contribution in [3.63, 3.8) is 0 Å². The number of halogens is 2. The van der Waals surface area contributed by atoms with Crippen LogP contribution < -0.4 is 19.5 Å². The van der Waals surface area contributed by atoms with Crippen molar-refractivity contribution in [1.29, 1.82) is 0 Å². The molecule has 0 spiro atoms. The topological polar surface area (TPSA) is 87.5 Å². The summed E-state index contributed by atoms with van der Waals surface area (Å²) in [7, 11) is 3.02. The van der Waals surface area contributed by atoms with Crippen LogP contribution in [0.1, 0.15) is 23.1 Å². The second-order valence-electron chi connectivity index (χ2n) is 6.04. The average molecular weight is 418 g/mol. The summed E-state index contributed by atoms with van der Waals surface area (Å²) in [5.41, 5.74) is 1.71. The molecule has 0 saturated carbocycles. The molecule has 0 aliphatic rings. The molecular weight excluding hydrogens is 398 g/mol. The molecule has 0 unspecified atom stereocenters. The van der Waals surface area contributed by atoms with Crippen molar-refractivity contribution in [3.05, 3.63) is 53.9 Å². The number of carbonyl (C=O) groups excluding carboxylic acids is 1. The van der Waals surface area contributed by atoms with E-state index in [4.69, 9.17) is 9.47 Å². The number of amides is 1. The van der Waals surface area contributed by atoms with Crippen LogP contribution in [0.3, 0.4) is 0 Å². The molecule has 10 heteroatoms. The van der Waals surface area contributed by atoms with Crippen molar-refractivity contribution in [3.8, 4) is 22.9 Å². The van der Waals surface area contributed by atoms with Gasteiger partial charge in [-0.2, -0.15) is 8.78 Å². The molecule has 2 aromatic carbocycles. The highest BCUT2D eigenvalue weighted by atomic mass is 19.3. The molecule has 1 amide bonds. The minimum absolute atomic E-state index is 0.0245. The highest BCUT2D eigenvalue weighted by Gasteiger charge is 2.21. The summed E-state index contributed by atoms with van der Waals surface area (Å²) in [6.45, 7) is -1.05. The summed E-state index contributed by atoms with van der Waals surface area (Å²) < 4.78 is 40.9. The Hall–Kier alpha value is -3.69. The summed E-state index contributed by atoms with van der Waals surface area (Å²) in [5.74, 6) is 0.586. The van der Waals surface area contributed by atoms with Crippen LogP contribution in [0.5, 0.6) is 17.2 Å². The number of nitrogens with one attached hydrogen (secondary N) is 1. The van der Waals surface area contributed by atoms with Crippen molar-refractivity contribution in [2.45, 2.75) is 20.0 Å². The second-order valence-corrected chi connectivity index (χ2v) is 6.04. The highest BCUT2D eigenvalue weighted by Crippen LogP contribution is 2.29. The molecule has 158 valence electrons. The van der Waals surface area contributed by atoms with E-state index in [0.29, 0.717) is 35.0 Å². The normalized spacial score (nSPS) is 10.7. The van der Waals surface area contributed by atoms with Crippen LogP contribution in [0.25, 0.3) is 5.69 Å². The van der Waals surface area contributed by atoms with E-state index in [-0.39, 0.29) is 11.4 Å². The van der Waals surface area contributed by atoms with Gasteiger partial charge in [-0.1, -0.05) is 12.1 Å². The molecule has 1 aromatic heterocycles. The predicted molar refractivity (Wildman–Crippen MR) is 105 cm³/mol. The fourth-order valence-electron chi connectivity index (χ4n) is 2.85. The zero-order valence-corrected chi connectivity index (χ0v) is 16.6. The third kappa shape index (κ3) is 4.48. The van der Waals surface area contributed by atoms with Crippen molar-refractivity contribution >= 4 is 11.6 Å². The first kappa shape index (κ1) is 21.0. The van der Waals surface area contributed by atoms with Crippen LogP contribution in [-0.2, 0) is 6.42 Å². The maximum absolute atomic E-state index is 12.8. The van der Waals surface area contributed by atoms with Gasteiger partial charge in [0.15, 0.2) is 5.69 Å². The van der Waals surface area contributed by atoms with Gasteiger partial charge in [-0.3, -0.25) is 4.79 Å². The van der Waals surface area contributed by atoms with Gasteiger partial charge in [-0.05, 0) is 42.8 Å². The Kier molecular flexibility index (Phi) is 6.45. The number of hydrogen-bond donors (Lipinski definition) is 1. The first-order valence-corrected chi connectivity index (χ1v) is 9.00. The molecular formula is C20H20F2N4O4.